The third kappa shape index (κ3) is 5.09. The molecule has 0 aliphatic heterocycles. The van der Waals surface area contributed by atoms with Crippen LogP contribution in [0.1, 0.15) is 35.1 Å². The SMILES string of the molecule is Cc1cc(F)ccc1CNc1cc(NC2CC2)n2ncc(C=NCc3ccc(F)cc3Br)c2n1. The Labute approximate surface area is 204 Å². The third-order valence-electron chi connectivity index (χ3n) is 5.70. The van der Waals surface area contributed by atoms with E-state index in [0.29, 0.717) is 35.1 Å². The van der Waals surface area contributed by atoms with E-state index in [0.717, 1.165) is 40.9 Å². The fourth-order valence-corrected chi connectivity index (χ4v) is 4.11. The highest BCUT2D eigenvalue weighted by Gasteiger charge is 2.23. The number of halogens is 3. The molecule has 0 bridgehead atoms. The molecule has 0 saturated heterocycles. The van der Waals surface area contributed by atoms with E-state index in [1.165, 1.54) is 24.3 Å². The predicted molar refractivity (Wildman–Crippen MR) is 133 cm³/mol. The number of hydrogen-bond donors (Lipinski definition) is 2. The molecule has 4 aromatic rings. The van der Waals surface area contributed by atoms with Crippen molar-refractivity contribution in [2.24, 2.45) is 4.99 Å². The van der Waals surface area contributed by atoms with Crippen molar-refractivity contribution in [3.8, 4) is 0 Å². The number of aryl methyl sites for hydroxylation is 1. The topological polar surface area (TPSA) is 66.6 Å². The fraction of sp³-hybridized carbons (Fsp3) is 0.240. The second kappa shape index (κ2) is 9.50. The van der Waals surface area contributed by atoms with Crippen LogP contribution in [0.5, 0.6) is 0 Å². The average molecular weight is 525 g/mol. The van der Waals surface area contributed by atoms with Gasteiger partial charge in [0.25, 0.3) is 0 Å². The maximum absolute atomic E-state index is 13.4. The van der Waals surface area contributed by atoms with Gasteiger partial charge in [-0.25, -0.2) is 13.8 Å². The van der Waals surface area contributed by atoms with Gasteiger partial charge in [0.05, 0.1) is 18.3 Å². The summed E-state index contributed by atoms with van der Waals surface area (Å²) in [6.45, 7) is 2.81. The summed E-state index contributed by atoms with van der Waals surface area (Å²) in [6, 6.07) is 11.7. The molecule has 174 valence electrons. The van der Waals surface area contributed by atoms with Crippen molar-refractivity contribution < 1.29 is 8.78 Å². The van der Waals surface area contributed by atoms with Crippen molar-refractivity contribution in [2.45, 2.75) is 38.9 Å². The third-order valence-corrected chi connectivity index (χ3v) is 6.44. The Morgan fingerprint density at radius 3 is 2.62 bits per heavy atom. The molecule has 2 N–H and O–H groups in total. The Kier molecular flexibility index (Phi) is 6.28. The van der Waals surface area contributed by atoms with Crippen LogP contribution in [0.15, 0.2) is 58.1 Å². The number of benzene rings is 2. The van der Waals surface area contributed by atoms with Gasteiger partial charge < -0.3 is 10.6 Å². The highest BCUT2D eigenvalue weighted by Crippen LogP contribution is 2.27. The smallest absolute Gasteiger partial charge is 0.168 e. The summed E-state index contributed by atoms with van der Waals surface area (Å²) in [5.74, 6) is 1.01. The molecule has 1 aliphatic carbocycles. The van der Waals surface area contributed by atoms with Gasteiger partial charge in [-0.05, 0) is 60.7 Å². The molecule has 6 nitrogen and oxygen atoms in total. The minimum absolute atomic E-state index is 0.243. The largest absolute Gasteiger partial charge is 0.367 e. The maximum Gasteiger partial charge on any atom is 0.168 e. The van der Waals surface area contributed by atoms with Crippen LogP contribution in [0, 0.1) is 18.6 Å². The first-order chi connectivity index (χ1) is 16.5. The van der Waals surface area contributed by atoms with E-state index in [9.17, 15) is 8.78 Å². The number of fused-ring (bicyclic) bond motifs is 1. The quantitative estimate of drug-likeness (QED) is 0.282. The van der Waals surface area contributed by atoms with Crippen molar-refractivity contribution >= 4 is 39.4 Å². The summed E-state index contributed by atoms with van der Waals surface area (Å²) >= 11 is 3.38. The summed E-state index contributed by atoms with van der Waals surface area (Å²) in [5.41, 5.74) is 4.22. The van der Waals surface area contributed by atoms with Crippen LogP contribution in [0.3, 0.4) is 0 Å². The minimum atomic E-state index is -0.294. The molecule has 2 aromatic carbocycles. The Balaban J connectivity index is 1.41. The first-order valence-electron chi connectivity index (χ1n) is 11.0. The number of nitrogens with one attached hydrogen (secondary N) is 2. The van der Waals surface area contributed by atoms with Crippen LogP contribution >= 0.6 is 15.9 Å². The zero-order valence-electron chi connectivity index (χ0n) is 18.5. The second-order valence-electron chi connectivity index (χ2n) is 8.41. The maximum atomic E-state index is 13.4. The molecule has 34 heavy (non-hydrogen) atoms. The van der Waals surface area contributed by atoms with Crippen molar-refractivity contribution in [1.29, 1.82) is 0 Å². The molecule has 5 rings (SSSR count). The number of aliphatic imine (C=N–C) groups is 1. The van der Waals surface area contributed by atoms with E-state index in [2.05, 4.69) is 36.7 Å². The van der Waals surface area contributed by atoms with E-state index in [1.807, 2.05) is 13.0 Å². The first-order valence-corrected chi connectivity index (χ1v) is 11.8. The molecule has 1 aliphatic rings. The summed E-state index contributed by atoms with van der Waals surface area (Å²) in [5, 5.41) is 11.4. The summed E-state index contributed by atoms with van der Waals surface area (Å²) in [7, 11) is 0. The Morgan fingerprint density at radius 2 is 1.88 bits per heavy atom. The molecule has 0 unspecified atom stereocenters. The highest BCUT2D eigenvalue weighted by molar-refractivity contribution is 9.10. The van der Waals surface area contributed by atoms with Crippen LogP contribution in [0.2, 0.25) is 0 Å². The van der Waals surface area contributed by atoms with Crippen LogP contribution < -0.4 is 10.6 Å². The zero-order chi connectivity index (χ0) is 23.7. The number of anilines is 2. The molecule has 2 aromatic heterocycles. The van der Waals surface area contributed by atoms with Gasteiger partial charge in [0, 0.05) is 29.3 Å². The van der Waals surface area contributed by atoms with Gasteiger partial charge in [0.15, 0.2) is 5.65 Å². The summed E-state index contributed by atoms with van der Waals surface area (Å²) in [6.07, 6.45) is 5.73. The van der Waals surface area contributed by atoms with Gasteiger partial charge >= 0.3 is 0 Å². The lowest BCUT2D eigenvalue weighted by Gasteiger charge is -2.12. The molecule has 9 heteroatoms. The standard InChI is InChI=1S/C25H23BrF2N6/c1-15-8-19(27)4-2-16(15)13-30-23-10-24(32-21-6-7-21)34-25(33-23)18(14-31-34)12-29-11-17-3-5-20(28)9-22(17)26/h2-5,8-10,12,14,21,32H,6-7,11,13H2,1H3,(H,30,33). The Bertz CT molecular complexity index is 1380. The van der Waals surface area contributed by atoms with E-state index >= 15 is 0 Å². The van der Waals surface area contributed by atoms with Crippen LogP contribution in [0.4, 0.5) is 20.4 Å². The lowest BCUT2D eigenvalue weighted by Crippen LogP contribution is -2.10. The van der Waals surface area contributed by atoms with Crippen LogP contribution in [0.25, 0.3) is 5.65 Å². The lowest BCUT2D eigenvalue weighted by molar-refractivity contribution is 0.625. The van der Waals surface area contributed by atoms with Crippen LogP contribution in [-0.4, -0.2) is 26.9 Å². The summed E-state index contributed by atoms with van der Waals surface area (Å²) in [4.78, 5) is 9.29. The Morgan fingerprint density at radius 1 is 1.12 bits per heavy atom. The van der Waals surface area contributed by atoms with Crippen molar-refractivity contribution in [1.82, 2.24) is 14.6 Å². The molecular weight excluding hydrogens is 502 g/mol. The normalized spacial score (nSPS) is 13.6. The van der Waals surface area contributed by atoms with E-state index in [4.69, 9.17) is 4.98 Å². The predicted octanol–water partition coefficient (Wildman–Crippen LogP) is 5.88. The molecule has 1 fully saturated rings. The first kappa shape index (κ1) is 22.5. The van der Waals surface area contributed by atoms with Gasteiger partial charge in [-0.15, -0.1) is 0 Å². The minimum Gasteiger partial charge on any atom is -0.367 e. The molecular formula is C25H23BrF2N6. The number of aromatic nitrogens is 3. The van der Waals surface area contributed by atoms with Crippen molar-refractivity contribution in [3.63, 3.8) is 0 Å². The number of hydrogen-bond acceptors (Lipinski definition) is 5. The van der Waals surface area contributed by atoms with E-state index in [1.54, 1.807) is 29.1 Å². The lowest BCUT2D eigenvalue weighted by atomic mass is 10.1. The van der Waals surface area contributed by atoms with Crippen LogP contribution in [-0.2, 0) is 13.1 Å². The Hall–Kier alpha value is -3.33. The molecule has 0 amide bonds. The molecule has 0 radical (unpaired) electrons. The molecule has 0 spiro atoms. The van der Waals surface area contributed by atoms with Crippen molar-refractivity contribution in [3.05, 3.63) is 87.0 Å². The van der Waals surface area contributed by atoms with E-state index in [-0.39, 0.29) is 11.6 Å². The second-order valence-corrected chi connectivity index (χ2v) is 9.26. The molecule has 0 atom stereocenters. The summed E-state index contributed by atoms with van der Waals surface area (Å²) < 4.78 is 29.2. The van der Waals surface area contributed by atoms with Gasteiger partial charge in [-0.2, -0.15) is 9.61 Å². The van der Waals surface area contributed by atoms with Gasteiger partial charge in [-0.1, -0.05) is 28.1 Å². The molecule has 1 saturated carbocycles. The highest BCUT2D eigenvalue weighted by atomic mass is 79.9. The monoisotopic (exact) mass is 524 g/mol. The zero-order valence-corrected chi connectivity index (χ0v) is 20.1. The number of nitrogens with zero attached hydrogens (tertiary/aromatic N) is 4. The van der Waals surface area contributed by atoms with E-state index < -0.39 is 0 Å². The van der Waals surface area contributed by atoms with Crippen molar-refractivity contribution in [2.75, 3.05) is 10.6 Å². The van der Waals surface area contributed by atoms with Gasteiger partial charge in [0.1, 0.15) is 23.3 Å². The fourth-order valence-electron chi connectivity index (χ4n) is 3.64. The molecule has 2 heterocycles. The van der Waals surface area contributed by atoms with Gasteiger partial charge in [-0.3, -0.25) is 4.99 Å². The van der Waals surface area contributed by atoms with Gasteiger partial charge in [0.2, 0.25) is 0 Å². The number of rotatable bonds is 8. The average Bonchev–Trinajstić information content (AvgIpc) is 3.52.